The quantitative estimate of drug-likeness (QED) is 0.472. The molecule has 2 aromatic heterocycles. The average molecular weight is 384 g/mol. The van der Waals surface area contributed by atoms with Crippen molar-refractivity contribution in [2.45, 2.75) is 18.8 Å². The van der Waals surface area contributed by atoms with Gasteiger partial charge < -0.3 is 10.7 Å². The Morgan fingerprint density at radius 2 is 2.00 bits per heavy atom. The lowest BCUT2D eigenvalue weighted by Crippen LogP contribution is -2.26. The zero-order chi connectivity index (χ0) is 18.8. The fraction of sp³-hybridized carbons (Fsp3) is 0.308. The topological polar surface area (TPSA) is 70.2 Å². The Labute approximate surface area is 140 Å². The molecule has 0 aliphatic rings. The summed E-state index contributed by atoms with van der Waals surface area (Å²) in [5.41, 5.74) is -3.98. The fourth-order valence-electron chi connectivity index (χ4n) is 1.93. The summed E-state index contributed by atoms with van der Waals surface area (Å²) in [6.07, 6.45) is -8.20. The molecule has 0 bridgehead atoms. The van der Waals surface area contributed by atoms with Gasteiger partial charge in [0.05, 0.1) is 12.0 Å². The molecule has 0 spiro atoms. The first-order valence-corrected chi connectivity index (χ1v) is 7.51. The summed E-state index contributed by atoms with van der Waals surface area (Å²) < 4.78 is 76.8. The van der Waals surface area contributed by atoms with Gasteiger partial charge in [0.2, 0.25) is 0 Å². The van der Waals surface area contributed by atoms with Crippen LogP contribution >= 0.6 is 11.3 Å². The summed E-state index contributed by atoms with van der Waals surface area (Å²) in [7, 11) is 0. The normalized spacial score (nSPS) is 13.3. The van der Waals surface area contributed by atoms with Crippen LogP contribution in [0.1, 0.15) is 17.7 Å². The van der Waals surface area contributed by atoms with Crippen LogP contribution in [0.15, 0.2) is 22.6 Å². The molecule has 25 heavy (non-hydrogen) atoms. The van der Waals surface area contributed by atoms with E-state index in [1.54, 1.807) is 0 Å². The maximum absolute atomic E-state index is 13.2. The van der Waals surface area contributed by atoms with Gasteiger partial charge in [-0.05, 0) is 0 Å². The number of allylic oxidation sites excluding steroid dienone is 1. The van der Waals surface area contributed by atoms with Gasteiger partial charge in [-0.15, -0.1) is 11.3 Å². The predicted molar refractivity (Wildman–Crippen MR) is 79.8 cm³/mol. The third-order valence-electron chi connectivity index (χ3n) is 2.99. The minimum absolute atomic E-state index is 0.185. The van der Waals surface area contributed by atoms with E-state index >= 15 is 0 Å². The smallest absolute Gasteiger partial charge is 0.390 e. The second-order valence-corrected chi connectivity index (χ2v) is 5.63. The number of alkyl halides is 6. The number of rotatable bonds is 5. The van der Waals surface area contributed by atoms with Crippen LogP contribution in [0.25, 0.3) is 10.5 Å². The van der Waals surface area contributed by atoms with Crippen molar-refractivity contribution in [2.24, 2.45) is 0 Å². The maximum Gasteiger partial charge on any atom is 0.434 e. The molecule has 0 radical (unpaired) electrons. The highest BCUT2D eigenvalue weighted by Crippen LogP contribution is 2.32. The van der Waals surface area contributed by atoms with Crippen molar-refractivity contribution in [1.29, 1.82) is 5.41 Å². The Bertz CT molecular complexity index is 864. The van der Waals surface area contributed by atoms with E-state index in [0.29, 0.717) is 6.21 Å². The van der Waals surface area contributed by atoms with E-state index in [1.807, 2.05) is 0 Å². The van der Waals surface area contributed by atoms with Crippen molar-refractivity contribution in [3.8, 4) is 0 Å². The second-order valence-electron chi connectivity index (χ2n) is 4.76. The summed E-state index contributed by atoms with van der Waals surface area (Å²) in [6.45, 7) is -0.613. The van der Waals surface area contributed by atoms with E-state index in [2.05, 4.69) is 10.3 Å². The second kappa shape index (κ2) is 6.86. The fourth-order valence-corrected chi connectivity index (χ4v) is 2.63. The van der Waals surface area contributed by atoms with Crippen LogP contribution in [0.4, 0.5) is 26.3 Å². The molecule has 2 rings (SSSR count). The highest BCUT2D eigenvalue weighted by molar-refractivity contribution is 7.15. The lowest BCUT2D eigenvalue weighted by atomic mass is 10.1. The van der Waals surface area contributed by atoms with Gasteiger partial charge in [0.25, 0.3) is 5.56 Å². The van der Waals surface area contributed by atoms with Crippen molar-refractivity contribution in [2.75, 3.05) is 6.54 Å². The molecule has 0 aliphatic heterocycles. The minimum atomic E-state index is -4.97. The van der Waals surface area contributed by atoms with Crippen molar-refractivity contribution >= 4 is 28.1 Å². The molecule has 0 aromatic carbocycles. The maximum atomic E-state index is 13.2. The standard InChI is InChI=1S/C13H10F6N4OS/c14-12(15,16)1-2-21-6-7(5-20)8-9(13(17,18)19)22-11-23(10(8)24)3-4-25-11/h3-6,20-21H,1-2H2/b7-6+,20-5?. The van der Waals surface area contributed by atoms with Crippen LogP contribution in [0, 0.1) is 5.41 Å². The van der Waals surface area contributed by atoms with Gasteiger partial charge in [-0.3, -0.25) is 9.20 Å². The Balaban J connectivity index is 2.50. The number of hydrogen-bond donors (Lipinski definition) is 2. The third kappa shape index (κ3) is 4.38. The highest BCUT2D eigenvalue weighted by Gasteiger charge is 2.38. The van der Waals surface area contributed by atoms with Crippen molar-refractivity contribution < 1.29 is 26.3 Å². The number of fused-ring (bicyclic) bond motifs is 1. The predicted octanol–water partition coefficient (Wildman–Crippen LogP) is 3.31. The van der Waals surface area contributed by atoms with Crippen LogP contribution in [0.2, 0.25) is 0 Å². The van der Waals surface area contributed by atoms with E-state index in [-0.39, 0.29) is 4.96 Å². The molecule has 12 heteroatoms. The summed E-state index contributed by atoms with van der Waals surface area (Å²) >= 11 is 0.819. The largest absolute Gasteiger partial charge is 0.434 e. The van der Waals surface area contributed by atoms with Gasteiger partial charge in [-0.25, -0.2) is 4.98 Å². The lowest BCUT2D eigenvalue weighted by Gasteiger charge is -2.12. The summed E-state index contributed by atoms with van der Waals surface area (Å²) in [5.74, 6) is 0. The molecular weight excluding hydrogens is 374 g/mol. The van der Waals surface area contributed by atoms with Crippen molar-refractivity contribution in [3.63, 3.8) is 0 Å². The molecule has 5 nitrogen and oxygen atoms in total. The molecule has 0 saturated heterocycles. The molecular formula is C13H10F6N4OS. The number of aromatic nitrogens is 2. The Kier molecular flexibility index (Phi) is 5.20. The molecule has 0 fully saturated rings. The number of thiazole rings is 1. The SMILES string of the molecule is N=C/C(=C\NCCC(F)(F)F)c1c(C(F)(F)F)nc2sccn2c1=O. The number of nitrogens with zero attached hydrogens (tertiary/aromatic N) is 2. The van der Waals surface area contributed by atoms with Crippen LogP contribution in [0.5, 0.6) is 0 Å². The van der Waals surface area contributed by atoms with E-state index in [0.717, 1.165) is 21.9 Å². The first-order valence-electron chi connectivity index (χ1n) is 6.63. The van der Waals surface area contributed by atoms with Gasteiger partial charge >= 0.3 is 12.4 Å². The molecule has 2 heterocycles. The highest BCUT2D eigenvalue weighted by atomic mass is 32.1. The summed E-state index contributed by atoms with van der Waals surface area (Å²) in [4.78, 5) is 15.6. The summed E-state index contributed by atoms with van der Waals surface area (Å²) in [6, 6.07) is 0. The first-order chi connectivity index (χ1) is 11.5. The van der Waals surface area contributed by atoms with E-state index in [1.165, 1.54) is 11.6 Å². The van der Waals surface area contributed by atoms with Gasteiger partial charge in [0.1, 0.15) is 0 Å². The van der Waals surface area contributed by atoms with Crippen molar-refractivity contribution in [3.05, 3.63) is 39.4 Å². The molecule has 0 atom stereocenters. The van der Waals surface area contributed by atoms with Gasteiger partial charge in [0, 0.05) is 36.1 Å². The molecule has 0 unspecified atom stereocenters. The van der Waals surface area contributed by atoms with E-state index in [4.69, 9.17) is 5.41 Å². The molecule has 2 N–H and O–H groups in total. The van der Waals surface area contributed by atoms with Gasteiger partial charge in [-0.2, -0.15) is 26.3 Å². The Morgan fingerprint density at radius 3 is 2.56 bits per heavy atom. The van der Waals surface area contributed by atoms with Crippen LogP contribution < -0.4 is 10.9 Å². The summed E-state index contributed by atoms with van der Waals surface area (Å²) in [5, 5.41) is 10.8. The number of hydrogen-bond acceptors (Lipinski definition) is 5. The van der Waals surface area contributed by atoms with Gasteiger partial charge in [-0.1, -0.05) is 0 Å². The Morgan fingerprint density at radius 1 is 1.32 bits per heavy atom. The molecule has 136 valence electrons. The number of halogens is 6. The lowest BCUT2D eigenvalue weighted by molar-refractivity contribution is -0.141. The molecule has 0 aliphatic carbocycles. The first kappa shape index (κ1) is 19.0. The Hall–Kier alpha value is -2.37. The van der Waals surface area contributed by atoms with Crippen LogP contribution in [-0.2, 0) is 6.18 Å². The zero-order valence-corrected chi connectivity index (χ0v) is 13.0. The third-order valence-corrected chi connectivity index (χ3v) is 3.75. The van der Waals surface area contributed by atoms with Crippen LogP contribution in [0.3, 0.4) is 0 Å². The minimum Gasteiger partial charge on any atom is -0.390 e. The average Bonchev–Trinajstić information content (AvgIpc) is 2.95. The van der Waals surface area contributed by atoms with Gasteiger partial charge in [0.15, 0.2) is 10.7 Å². The van der Waals surface area contributed by atoms with E-state index < -0.39 is 47.7 Å². The van der Waals surface area contributed by atoms with Crippen molar-refractivity contribution in [1.82, 2.24) is 14.7 Å². The van der Waals surface area contributed by atoms with E-state index in [9.17, 15) is 31.1 Å². The monoisotopic (exact) mass is 384 g/mol. The molecule has 2 aromatic rings. The van der Waals surface area contributed by atoms with Crippen LogP contribution in [-0.4, -0.2) is 28.3 Å². The molecule has 0 amide bonds. The zero-order valence-electron chi connectivity index (χ0n) is 12.2. The number of nitrogens with one attached hydrogen (secondary N) is 2. The molecule has 0 saturated carbocycles.